The molecule has 1 atom stereocenters. The average Bonchev–Trinajstić information content (AvgIpc) is 3.16. The third kappa shape index (κ3) is 4.02. The summed E-state index contributed by atoms with van der Waals surface area (Å²) in [5.41, 5.74) is 1.11. The first-order chi connectivity index (χ1) is 11.3. The van der Waals surface area contributed by atoms with Crippen LogP contribution in [0.2, 0.25) is 0 Å². The van der Waals surface area contributed by atoms with Gasteiger partial charge < -0.3 is 4.52 Å². The zero-order valence-electron chi connectivity index (χ0n) is 15.2. The molecule has 0 aliphatic carbocycles. The number of hydrogen-bond donors (Lipinski definition) is 0. The maximum Gasteiger partial charge on any atom is 0.243 e. The first-order valence-electron chi connectivity index (χ1n) is 8.54. The minimum absolute atomic E-state index is 0.0775. The zero-order chi connectivity index (χ0) is 17.3. The second-order valence-corrected chi connectivity index (χ2v) is 8.61. The number of hydrogen-bond acceptors (Lipinski definition) is 7. The van der Waals surface area contributed by atoms with Gasteiger partial charge in [0.25, 0.3) is 0 Å². The number of rotatable bonds is 4. The van der Waals surface area contributed by atoms with E-state index in [9.17, 15) is 0 Å². The molecule has 1 aliphatic rings. The van der Waals surface area contributed by atoms with E-state index in [4.69, 9.17) is 4.52 Å². The maximum absolute atomic E-state index is 5.51. The number of aryl methyl sites for hydroxylation is 1. The summed E-state index contributed by atoms with van der Waals surface area (Å²) in [5.74, 6) is 1.50. The van der Waals surface area contributed by atoms with Gasteiger partial charge in [-0.05, 0) is 13.8 Å². The van der Waals surface area contributed by atoms with Crippen LogP contribution in [-0.2, 0) is 12.0 Å². The summed E-state index contributed by atoms with van der Waals surface area (Å²) in [6.07, 6.45) is 0. The van der Waals surface area contributed by atoms with E-state index in [-0.39, 0.29) is 11.5 Å². The molecule has 1 fully saturated rings. The van der Waals surface area contributed by atoms with Crippen molar-refractivity contribution in [1.29, 1.82) is 0 Å². The molecule has 3 rings (SSSR count). The monoisotopic (exact) mass is 349 g/mol. The summed E-state index contributed by atoms with van der Waals surface area (Å²) in [6, 6.07) is 0.164. The minimum atomic E-state index is -0.0775. The van der Waals surface area contributed by atoms with Crippen molar-refractivity contribution in [2.45, 2.75) is 52.6 Å². The van der Waals surface area contributed by atoms with Crippen LogP contribution in [0.3, 0.4) is 0 Å². The van der Waals surface area contributed by atoms with Crippen molar-refractivity contribution in [2.75, 3.05) is 26.2 Å². The van der Waals surface area contributed by atoms with E-state index in [1.54, 1.807) is 11.3 Å². The Morgan fingerprint density at radius 2 is 1.92 bits per heavy atom. The zero-order valence-corrected chi connectivity index (χ0v) is 16.1. The van der Waals surface area contributed by atoms with Crippen molar-refractivity contribution < 1.29 is 4.52 Å². The number of thiazole rings is 1. The van der Waals surface area contributed by atoms with Gasteiger partial charge in [0.2, 0.25) is 5.89 Å². The molecule has 1 saturated heterocycles. The van der Waals surface area contributed by atoms with Gasteiger partial charge in [0.05, 0.1) is 16.7 Å². The number of nitrogens with zero attached hydrogens (tertiary/aromatic N) is 5. The summed E-state index contributed by atoms with van der Waals surface area (Å²) >= 11 is 1.72. The van der Waals surface area contributed by atoms with E-state index >= 15 is 0 Å². The Balaban J connectivity index is 1.55. The SMILES string of the molecule is Cc1nc(CN2CCN([C@@H](C)c3nc(C(C)(C)C)no3)CC2)cs1. The lowest BCUT2D eigenvalue weighted by atomic mass is 9.96. The largest absolute Gasteiger partial charge is 0.338 e. The van der Waals surface area contributed by atoms with Crippen molar-refractivity contribution in [1.82, 2.24) is 24.9 Å². The number of piperazine rings is 1. The molecule has 0 spiro atoms. The predicted molar refractivity (Wildman–Crippen MR) is 95.1 cm³/mol. The minimum Gasteiger partial charge on any atom is -0.338 e. The second kappa shape index (κ2) is 6.90. The molecule has 0 N–H and O–H groups in total. The van der Waals surface area contributed by atoms with Gasteiger partial charge in [-0.2, -0.15) is 4.98 Å². The Bertz CT molecular complexity index is 667. The van der Waals surface area contributed by atoms with Gasteiger partial charge in [-0.3, -0.25) is 9.80 Å². The Hall–Kier alpha value is -1.31. The van der Waals surface area contributed by atoms with Gasteiger partial charge in [-0.15, -0.1) is 11.3 Å². The van der Waals surface area contributed by atoms with Crippen LogP contribution < -0.4 is 0 Å². The van der Waals surface area contributed by atoms with Crippen molar-refractivity contribution in [3.8, 4) is 0 Å². The molecule has 132 valence electrons. The summed E-state index contributed by atoms with van der Waals surface area (Å²) in [4.78, 5) is 14.1. The predicted octanol–water partition coefficient (Wildman–Crippen LogP) is 3.01. The van der Waals surface area contributed by atoms with E-state index in [0.29, 0.717) is 0 Å². The smallest absolute Gasteiger partial charge is 0.243 e. The topological polar surface area (TPSA) is 58.3 Å². The molecular formula is C17H27N5OS. The third-order valence-electron chi connectivity index (χ3n) is 4.48. The number of aromatic nitrogens is 3. The average molecular weight is 350 g/mol. The lowest BCUT2D eigenvalue weighted by Crippen LogP contribution is -2.46. The first-order valence-corrected chi connectivity index (χ1v) is 9.42. The quantitative estimate of drug-likeness (QED) is 0.846. The van der Waals surface area contributed by atoms with Crippen molar-refractivity contribution in [2.24, 2.45) is 0 Å². The standard InChI is InChI=1S/C17H27N5OS/c1-12(15-19-16(20-23-15)17(3,4)5)22-8-6-21(7-9-22)10-14-11-24-13(2)18-14/h11-12H,6-10H2,1-5H3/t12-/m0/s1. The van der Waals surface area contributed by atoms with Gasteiger partial charge in [0, 0.05) is 43.5 Å². The van der Waals surface area contributed by atoms with Crippen LogP contribution in [0.1, 0.15) is 56.2 Å². The van der Waals surface area contributed by atoms with Gasteiger partial charge in [0.1, 0.15) is 0 Å². The van der Waals surface area contributed by atoms with Crippen LogP contribution in [0.25, 0.3) is 0 Å². The molecule has 0 unspecified atom stereocenters. The molecule has 24 heavy (non-hydrogen) atoms. The molecule has 0 radical (unpaired) electrons. The van der Waals surface area contributed by atoms with E-state index < -0.39 is 0 Å². The van der Waals surface area contributed by atoms with Gasteiger partial charge in [0.15, 0.2) is 5.82 Å². The molecular weight excluding hydrogens is 322 g/mol. The van der Waals surface area contributed by atoms with Gasteiger partial charge in [-0.1, -0.05) is 25.9 Å². The third-order valence-corrected chi connectivity index (χ3v) is 5.30. The molecule has 0 aromatic carbocycles. The molecule has 7 heteroatoms. The summed E-state index contributed by atoms with van der Waals surface area (Å²) in [6.45, 7) is 15.6. The van der Waals surface area contributed by atoms with Crippen LogP contribution in [0, 0.1) is 6.92 Å². The molecule has 2 aromatic heterocycles. The molecule has 3 heterocycles. The van der Waals surface area contributed by atoms with E-state index in [0.717, 1.165) is 49.4 Å². The highest BCUT2D eigenvalue weighted by Gasteiger charge is 2.28. The van der Waals surface area contributed by atoms with Crippen molar-refractivity contribution in [3.63, 3.8) is 0 Å². The molecule has 1 aliphatic heterocycles. The second-order valence-electron chi connectivity index (χ2n) is 7.55. The van der Waals surface area contributed by atoms with Crippen LogP contribution >= 0.6 is 11.3 Å². The fraction of sp³-hybridized carbons (Fsp3) is 0.706. The highest BCUT2D eigenvalue weighted by molar-refractivity contribution is 7.09. The normalized spacial score (nSPS) is 18.9. The molecule has 0 amide bonds. The Morgan fingerprint density at radius 1 is 1.21 bits per heavy atom. The first kappa shape index (κ1) is 17.5. The molecule has 6 nitrogen and oxygen atoms in total. The molecule has 0 saturated carbocycles. The fourth-order valence-corrected chi connectivity index (χ4v) is 3.49. The van der Waals surface area contributed by atoms with E-state index in [1.807, 2.05) is 0 Å². The van der Waals surface area contributed by atoms with Crippen molar-refractivity contribution in [3.05, 3.63) is 27.8 Å². The van der Waals surface area contributed by atoms with Crippen molar-refractivity contribution >= 4 is 11.3 Å². The van der Waals surface area contributed by atoms with Crippen LogP contribution in [0.5, 0.6) is 0 Å². The fourth-order valence-electron chi connectivity index (χ4n) is 2.88. The summed E-state index contributed by atoms with van der Waals surface area (Å²) in [7, 11) is 0. The Morgan fingerprint density at radius 3 is 2.46 bits per heavy atom. The summed E-state index contributed by atoms with van der Waals surface area (Å²) in [5, 5.41) is 7.45. The molecule has 2 aromatic rings. The lowest BCUT2D eigenvalue weighted by molar-refractivity contribution is 0.0839. The maximum atomic E-state index is 5.51. The highest BCUT2D eigenvalue weighted by Crippen LogP contribution is 2.24. The summed E-state index contributed by atoms with van der Waals surface area (Å²) < 4.78 is 5.51. The van der Waals surface area contributed by atoms with E-state index in [1.165, 1.54) is 5.69 Å². The Kier molecular flexibility index (Phi) is 5.03. The van der Waals surface area contributed by atoms with E-state index in [2.05, 4.69) is 64.9 Å². The molecule has 0 bridgehead atoms. The Labute approximate surface area is 147 Å². The van der Waals surface area contributed by atoms with Gasteiger partial charge >= 0.3 is 0 Å². The van der Waals surface area contributed by atoms with Crippen LogP contribution in [0.15, 0.2) is 9.90 Å². The van der Waals surface area contributed by atoms with Crippen LogP contribution in [-0.4, -0.2) is 51.1 Å². The highest BCUT2D eigenvalue weighted by atomic mass is 32.1. The van der Waals surface area contributed by atoms with Gasteiger partial charge in [-0.25, -0.2) is 4.98 Å². The lowest BCUT2D eigenvalue weighted by Gasteiger charge is -2.36. The van der Waals surface area contributed by atoms with Crippen LogP contribution in [0.4, 0.5) is 0 Å².